The van der Waals surface area contributed by atoms with Crippen molar-refractivity contribution in [1.82, 2.24) is 0 Å². The first-order chi connectivity index (χ1) is 18.5. The second-order valence-corrected chi connectivity index (χ2v) is 9.69. The summed E-state index contributed by atoms with van der Waals surface area (Å²) >= 11 is 0. The van der Waals surface area contributed by atoms with Crippen LogP contribution < -0.4 is 4.74 Å². The number of fused-ring (bicyclic) bond motifs is 2. The van der Waals surface area contributed by atoms with Crippen LogP contribution in [0.2, 0.25) is 0 Å². The smallest absolute Gasteiger partial charge is 0.229 e. The van der Waals surface area contributed by atoms with Crippen LogP contribution >= 0.6 is 0 Å². The number of benzene rings is 2. The first-order valence-electron chi connectivity index (χ1n) is 12.2. The molecule has 2 aromatic rings. The topological polar surface area (TPSA) is 213 Å². The highest BCUT2D eigenvalue weighted by Crippen LogP contribution is 2.40. The van der Waals surface area contributed by atoms with Crippen molar-refractivity contribution in [3.8, 4) is 11.5 Å². The molecule has 2 saturated heterocycles. The van der Waals surface area contributed by atoms with Crippen LogP contribution in [-0.2, 0) is 14.2 Å². The highest BCUT2D eigenvalue weighted by atomic mass is 16.7. The molecule has 5 rings (SSSR count). The minimum atomic E-state index is -1.78. The van der Waals surface area contributed by atoms with Gasteiger partial charge in [-0.15, -0.1) is 0 Å². The number of ether oxygens (including phenoxy) is 4. The Bertz CT molecular complexity index is 1280. The quantitative estimate of drug-likeness (QED) is 0.186. The summed E-state index contributed by atoms with van der Waals surface area (Å²) in [7, 11) is 0. The molecule has 0 radical (unpaired) electrons. The zero-order valence-corrected chi connectivity index (χ0v) is 20.6. The molecule has 2 fully saturated rings. The molecule has 13 nitrogen and oxygen atoms in total. The van der Waals surface area contributed by atoms with E-state index in [1.54, 1.807) is 12.1 Å². The molecular formula is C26H28O13. The molecule has 0 bridgehead atoms. The van der Waals surface area contributed by atoms with Crippen molar-refractivity contribution >= 4 is 11.6 Å². The van der Waals surface area contributed by atoms with Gasteiger partial charge in [-0.05, 0) is 13.0 Å². The predicted octanol–water partition coefficient (Wildman–Crippen LogP) is -1.88. The van der Waals surface area contributed by atoms with Crippen molar-refractivity contribution in [2.75, 3.05) is 13.2 Å². The van der Waals surface area contributed by atoms with E-state index in [4.69, 9.17) is 18.9 Å². The van der Waals surface area contributed by atoms with E-state index < -0.39 is 79.2 Å². The molecule has 210 valence electrons. The van der Waals surface area contributed by atoms with Crippen molar-refractivity contribution in [2.45, 2.75) is 62.2 Å². The van der Waals surface area contributed by atoms with E-state index in [0.29, 0.717) is 0 Å². The summed E-state index contributed by atoms with van der Waals surface area (Å²) in [4.78, 5) is 26.1. The summed E-state index contributed by atoms with van der Waals surface area (Å²) < 4.78 is 21.9. The van der Waals surface area contributed by atoms with Gasteiger partial charge >= 0.3 is 0 Å². The third kappa shape index (κ3) is 4.71. The van der Waals surface area contributed by atoms with Gasteiger partial charge < -0.3 is 54.7 Å². The Labute approximate surface area is 221 Å². The Hall–Kier alpha value is -2.98. The zero-order valence-electron chi connectivity index (χ0n) is 20.6. The monoisotopic (exact) mass is 548 g/mol. The first-order valence-corrected chi connectivity index (χ1v) is 12.2. The highest BCUT2D eigenvalue weighted by molar-refractivity contribution is 6.29. The SMILES string of the molecule is Cc1c(O[C@@H]2O[C@H](CO[C@@H]3OC[C@@H](O)[C@H](O)[C@H]3O)[C@@H](O)[C@H](O)[C@H]2O)cc2c(c1O)C(=O)c1ccccc1C2=O. The van der Waals surface area contributed by atoms with Gasteiger partial charge in [0.1, 0.15) is 54.2 Å². The molecular weight excluding hydrogens is 520 g/mol. The van der Waals surface area contributed by atoms with Crippen molar-refractivity contribution in [1.29, 1.82) is 0 Å². The second-order valence-electron chi connectivity index (χ2n) is 9.69. The number of phenols is 1. The molecule has 7 N–H and O–H groups in total. The maximum atomic E-state index is 13.1. The van der Waals surface area contributed by atoms with Gasteiger partial charge in [-0.25, -0.2) is 0 Å². The summed E-state index contributed by atoms with van der Waals surface area (Å²) in [6, 6.07) is 7.41. The Morgan fingerprint density at radius 3 is 2.18 bits per heavy atom. The summed E-state index contributed by atoms with van der Waals surface area (Å²) in [6.45, 7) is 0.607. The average Bonchev–Trinajstić information content (AvgIpc) is 2.93. The fourth-order valence-electron chi connectivity index (χ4n) is 4.83. The maximum absolute atomic E-state index is 13.1. The van der Waals surface area contributed by atoms with Crippen molar-refractivity contribution in [3.05, 3.63) is 58.1 Å². The van der Waals surface area contributed by atoms with Gasteiger partial charge in [0, 0.05) is 22.3 Å². The van der Waals surface area contributed by atoms with Gasteiger partial charge in [0.05, 0.1) is 18.8 Å². The number of hydrogen-bond donors (Lipinski definition) is 7. The van der Waals surface area contributed by atoms with E-state index in [9.17, 15) is 45.3 Å². The molecule has 0 spiro atoms. The number of ketones is 2. The first kappa shape index (κ1) is 27.6. The number of aromatic hydroxyl groups is 1. The molecule has 13 heteroatoms. The number of carbonyl (C=O) groups excluding carboxylic acids is 2. The molecule has 9 atom stereocenters. The summed E-state index contributed by atoms with van der Waals surface area (Å²) in [5.41, 5.74) is 0.0577. The molecule has 0 saturated carbocycles. The molecule has 2 aliphatic heterocycles. The number of rotatable bonds is 5. The number of aliphatic hydroxyl groups is 6. The average molecular weight is 548 g/mol. The van der Waals surface area contributed by atoms with Crippen molar-refractivity contribution < 1.29 is 64.3 Å². The van der Waals surface area contributed by atoms with Crippen LogP contribution in [0.5, 0.6) is 11.5 Å². The van der Waals surface area contributed by atoms with Gasteiger partial charge in [-0.2, -0.15) is 0 Å². The largest absolute Gasteiger partial charge is 0.507 e. The Morgan fingerprint density at radius 1 is 0.846 bits per heavy atom. The second kappa shape index (κ2) is 10.5. The van der Waals surface area contributed by atoms with E-state index in [-0.39, 0.29) is 40.2 Å². The van der Waals surface area contributed by atoms with Crippen LogP contribution in [-0.4, -0.2) is 116 Å². The predicted molar refractivity (Wildman–Crippen MR) is 127 cm³/mol. The Morgan fingerprint density at radius 2 is 1.49 bits per heavy atom. The van der Waals surface area contributed by atoms with Crippen molar-refractivity contribution in [2.24, 2.45) is 0 Å². The minimum Gasteiger partial charge on any atom is -0.507 e. The summed E-state index contributed by atoms with van der Waals surface area (Å²) in [5, 5.41) is 71.6. The number of phenolic OH excluding ortho intramolecular Hbond substituents is 1. The molecule has 2 heterocycles. The number of aliphatic hydroxyl groups excluding tert-OH is 6. The Balaban J connectivity index is 1.37. The molecule has 0 unspecified atom stereocenters. The fourth-order valence-corrected chi connectivity index (χ4v) is 4.83. The lowest BCUT2D eigenvalue weighted by Gasteiger charge is -2.41. The molecule has 0 aromatic heterocycles. The van der Waals surface area contributed by atoms with E-state index in [1.807, 2.05) is 0 Å². The molecule has 2 aromatic carbocycles. The van der Waals surface area contributed by atoms with Crippen LogP contribution in [0.3, 0.4) is 0 Å². The standard InChI is InChI=1S/C26H28O13/c1-9-14(6-12-16(17(9)28)19(30)11-5-3-2-4-10(11)18(12)29)38-26-24(35)22(33)21(32)15(39-26)8-37-25-23(34)20(31)13(27)7-36-25/h2-6,13,15,20-28,31-35H,7-8H2,1H3/t13-,15-,20+,21-,22+,23-,24-,25+,26-/m1/s1. The highest BCUT2D eigenvalue weighted by Gasteiger charge is 2.47. The van der Waals surface area contributed by atoms with Crippen LogP contribution in [0.4, 0.5) is 0 Å². The van der Waals surface area contributed by atoms with Gasteiger partial charge in [-0.3, -0.25) is 9.59 Å². The minimum absolute atomic E-state index is 0.0600. The van der Waals surface area contributed by atoms with Crippen LogP contribution in [0.15, 0.2) is 30.3 Å². The van der Waals surface area contributed by atoms with E-state index >= 15 is 0 Å². The van der Waals surface area contributed by atoms with Gasteiger partial charge in [-0.1, -0.05) is 24.3 Å². The van der Waals surface area contributed by atoms with Crippen molar-refractivity contribution in [3.63, 3.8) is 0 Å². The third-order valence-corrected chi connectivity index (χ3v) is 7.19. The fraction of sp³-hybridized carbons (Fsp3) is 0.462. The van der Waals surface area contributed by atoms with Gasteiger partial charge in [0.15, 0.2) is 17.9 Å². The lowest BCUT2D eigenvalue weighted by molar-refractivity contribution is -0.307. The molecule has 3 aliphatic rings. The number of carbonyl (C=O) groups is 2. The zero-order chi connectivity index (χ0) is 28.2. The maximum Gasteiger partial charge on any atom is 0.229 e. The van der Waals surface area contributed by atoms with Crippen LogP contribution in [0.25, 0.3) is 0 Å². The third-order valence-electron chi connectivity index (χ3n) is 7.19. The van der Waals surface area contributed by atoms with E-state index in [0.717, 1.165) is 0 Å². The Kier molecular flexibility index (Phi) is 7.45. The molecule has 1 aliphatic carbocycles. The normalized spacial score (nSPS) is 34.4. The van der Waals surface area contributed by atoms with Crippen LogP contribution in [0.1, 0.15) is 37.4 Å². The van der Waals surface area contributed by atoms with Crippen LogP contribution in [0, 0.1) is 6.92 Å². The summed E-state index contributed by atoms with van der Waals surface area (Å²) in [5.74, 6) is -1.68. The number of hydrogen-bond acceptors (Lipinski definition) is 13. The van der Waals surface area contributed by atoms with E-state index in [1.165, 1.54) is 25.1 Å². The summed E-state index contributed by atoms with van der Waals surface area (Å²) in [6.07, 6.45) is -14.0. The van der Waals surface area contributed by atoms with E-state index in [2.05, 4.69) is 0 Å². The lowest BCUT2D eigenvalue weighted by atomic mass is 9.82. The van der Waals surface area contributed by atoms with Gasteiger partial charge in [0.2, 0.25) is 6.29 Å². The lowest BCUT2D eigenvalue weighted by Crippen LogP contribution is -2.61. The molecule has 39 heavy (non-hydrogen) atoms. The molecule has 0 amide bonds. The van der Waals surface area contributed by atoms with Gasteiger partial charge in [0.25, 0.3) is 0 Å².